The number of anilines is 2. The Morgan fingerprint density at radius 2 is 1.87 bits per heavy atom. The van der Waals surface area contributed by atoms with Crippen molar-refractivity contribution in [3.8, 4) is 5.75 Å². The van der Waals surface area contributed by atoms with Crippen molar-refractivity contribution < 1.29 is 23.1 Å². The van der Waals surface area contributed by atoms with E-state index < -0.39 is 7.60 Å². The molecule has 1 aliphatic rings. The van der Waals surface area contributed by atoms with Gasteiger partial charge in [-0.05, 0) is 69.6 Å². The summed E-state index contributed by atoms with van der Waals surface area (Å²) in [5.41, 5.74) is 9.78. The molecule has 3 aromatic heterocycles. The van der Waals surface area contributed by atoms with Gasteiger partial charge in [0.15, 0.2) is 11.5 Å². The molecule has 13 nitrogen and oxygen atoms in total. The van der Waals surface area contributed by atoms with E-state index in [1.54, 1.807) is 13.4 Å². The van der Waals surface area contributed by atoms with Gasteiger partial charge in [-0.2, -0.15) is 0 Å². The number of nitrogens with zero attached hydrogens (tertiary/aromatic N) is 6. The molecule has 250 valence electrons. The number of methoxy groups -OCH3 is 1. The van der Waals surface area contributed by atoms with Crippen molar-refractivity contribution >= 4 is 63.7 Å². The van der Waals surface area contributed by atoms with Crippen molar-refractivity contribution in [2.75, 3.05) is 57.4 Å². The summed E-state index contributed by atoms with van der Waals surface area (Å²) in [5, 5.41) is 6.41. The number of hydrogen-bond donors (Lipinski definition) is 2. The lowest BCUT2D eigenvalue weighted by Crippen LogP contribution is -2.34. The second-order valence-electron chi connectivity index (χ2n) is 11.8. The highest BCUT2D eigenvalue weighted by Crippen LogP contribution is 2.48. The summed E-state index contributed by atoms with van der Waals surface area (Å²) >= 11 is 6.29. The van der Waals surface area contributed by atoms with Gasteiger partial charge in [-0.25, -0.2) is 19.9 Å². The molecule has 1 unspecified atom stereocenters. The molecule has 0 radical (unpaired) electrons. The fourth-order valence-corrected chi connectivity index (χ4v) is 7.31. The number of nitrogen functional groups attached to an aromatic ring is 1. The normalized spacial score (nSPS) is 17.0. The summed E-state index contributed by atoms with van der Waals surface area (Å²) in [5.74, 6) is 1.10. The molecule has 0 spiro atoms. The summed E-state index contributed by atoms with van der Waals surface area (Å²) in [7, 11) is -1.73. The van der Waals surface area contributed by atoms with Gasteiger partial charge < -0.3 is 34.1 Å². The predicted octanol–water partition coefficient (Wildman–Crippen LogP) is 5.96. The molecule has 5 aromatic rings. The number of hydrogen-bond acceptors (Lipinski definition) is 12. The van der Waals surface area contributed by atoms with Gasteiger partial charge >= 0.3 is 7.60 Å². The third-order valence-electron chi connectivity index (χ3n) is 8.24. The average molecular weight is 683 g/mol. The number of nitrogens with two attached hydrogens (primary N) is 1. The largest absolute Gasteiger partial charge is 0.497 e. The molecule has 6 rings (SSSR count). The molecule has 0 amide bonds. The maximum absolute atomic E-state index is 13.3. The van der Waals surface area contributed by atoms with Gasteiger partial charge in [-0.3, -0.25) is 9.46 Å². The fraction of sp³-hybridized carbons (Fsp3) is 0.438. The van der Waals surface area contributed by atoms with Crippen molar-refractivity contribution in [3.05, 3.63) is 54.1 Å². The van der Waals surface area contributed by atoms with Crippen molar-refractivity contribution in [3.63, 3.8) is 0 Å². The molecule has 4 heterocycles. The molecule has 0 aliphatic carbocycles. The number of pyridine rings is 1. The van der Waals surface area contributed by atoms with E-state index in [1.165, 1.54) is 6.33 Å². The van der Waals surface area contributed by atoms with Crippen LogP contribution in [0.15, 0.2) is 49.1 Å². The van der Waals surface area contributed by atoms with Crippen LogP contribution in [0.5, 0.6) is 5.75 Å². The first-order valence-corrected chi connectivity index (χ1v) is 17.8. The summed E-state index contributed by atoms with van der Waals surface area (Å²) < 4.78 is 38.1. The Labute approximate surface area is 278 Å². The van der Waals surface area contributed by atoms with Gasteiger partial charge in [0.05, 0.1) is 56.0 Å². The molecule has 1 fully saturated rings. The Morgan fingerprint density at radius 1 is 1.06 bits per heavy atom. The zero-order valence-electron chi connectivity index (χ0n) is 26.8. The quantitative estimate of drug-likeness (QED) is 0.118. The zero-order valence-corrected chi connectivity index (χ0v) is 28.4. The average Bonchev–Trinajstić information content (AvgIpc) is 3.46. The Morgan fingerprint density at radius 3 is 2.66 bits per heavy atom. The third-order valence-corrected chi connectivity index (χ3v) is 10.1. The number of rotatable bonds is 12. The van der Waals surface area contributed by atoms with Gasteiger partial charge in [0.25, 0.3) is 0 Å². The van der Waals surface area contributed by atoms with Crippen LogP contribution in [0.4, 0.5) is 11.5 Å². The number of benzene rings is 2. The molecular weight excluding hydrogens is 643 g/mol. The van der Waals surface area contributed by atoms with Crippen LogP contribution in [0.2, 0.25) is 5.02 Å². The first-order chi connectivity index (χ1) is 22.7. The van der Waals surface area contributed by atoms with Gasteiger partial charge in [-0.15, -0.1) is 0 Å². The lowest BCUT2D eigenvalue weighted by atomic mass is 10.1. The zero-order chi connectivity index (χ0) is 33.0. The molecule has 1 saturated heterocycles. The molecule has 15 heteroatoms. The number of aromatic nitrogens is 5. The number of halogens is 1. The topological polar surface area (TPSA) is 152 Å². The minimum absolute atomic E-state index is 0.127. The highest BCUT2D eigenvalue weighted by molar-refractivity contribution is 7.53. The second-order valence-corrected chi connectivity index (χ2v) is 14.2. The molecule has 47 heavy (non-hydrogen) atoms. The van der Waals surface area contributed by atoms with Crippen molar-refractivity contribution in [2.24, 2.45) is 0 Å². The van der Waals surface area contributed by atoms with E-state index in [0.717, 1.165) is 52.6 Å². The summed E-state index contributed by atoms with van der Waals surface area (Å²) in [6.45, 7) is 7.30. The van der Waals surface area contributed by atoms with Gasteiger partial charge in [0.2, 0.25) is 0 Å². The number of ether oxygens (including phenoxy) is 2. The second kappa shape index (κ2) is 14.7. The SMILES string of the molecule is COc1ccc2nc3cc(Cl)ccc3c(NC(C)CCCN3CCOP(=O)(CO[C@H](C)Cn4cnc5c(N)ncnc54)OCC3)c2c1. The number of fused-ring (bicyclic) bond motifs is 3. The minimum atomic E-state index is -3.39. The van der Waals surface area contributed by atoms with E-state index in [2.05, 4.69) is 32.1 Å². The van der Waals surface area contributed by atoms with Crippen LogP contribution in [0, 0.1) is 0 Å². The molecule has 0 saturated carbocycles. The maximum Gasteiger partial charge on any atom is 0.356 e. The summed E-state index contributed by atoms with van der Waals surface area (Å²) in [6, 6.07) is 11.9. The Kier molecular flexibility index (Phi) is 10.4. The standard InChI is InChI=1S/C32H40ClN8O5P/c1-21(38-29-25-8-6-23(33)15-28(25)39-27-9-7-24(43-3)16-26(27)29)5-4-10-40-11-13-45-47(42,46-14-12-40)20-44-22(2)17-41-19-37-30-31(34)35-18-36-32(30)41/h6-9,15-16,18-19,21-22H,4-5,10-14,17,20H2,1-3H3,(H,38,39)(H2,34,35,36)/t21?,22-/m1/s1. The van der Waals surface area contributed by atoms with E-state index in [4.69, 9.17) is 40.8 Å². The highest BCUT2D eigenvalue weighted by Gasteiger charge is 2.29. The lowest BCUT2D eigenvalue weighted by Gasteiger charge is -2.29. The molecule has 1 aliphatic heterocycles. The highest BCUT2D eigenvalue weighted by atomic mass is 35.5. The van der Waals surface area contributed by atoms with Gasteiger partial charge in [0.1, 0.15) is 23.9 Å². The lowest BCUT2D eigenvalue weighted by molar-refractivity contribution is 0.0548. The van der Waals surface area contributed by atoms with Crippen molar-refractivity contribution in [2.45, 2.75) is 45.4 Å². The van der Waals surface area contributed by atoms with E-state index in [1.807, 2.05) is 47.9 Å². The minimum Gasteiger partial charge on any atom is -0.497 e. The van der Waals surface area contributed by atoms with Crippen molar-refractivity contribution in [1.29, 1.82) is 0 Å². The monoisotopic (exact) mass is 682 g/mol. The maximum atomic E-state index is 13.3. The summed E-state index contributed by atoms with van der Waals surface area (Å²) in [4.78, 5) is 19.6. The van der Waals surface area contributed by atoms with E-state index in [0.29, 0.717) is 54.9 Å². The molecule has 0 bridgehead atoms. The molecular formula is C32H40ClN8O5P. The van der Waals surface area contributed by atoms with Crippen LogP contribution in [-0.2, 0) is 24.9 Å². The van der Waals surface area contributed by atoms with E-state index >= 15 is 0 Å². The first-order valence-electron chi connectivity index (χ1n) is 15.7. The van der Waals surface area contributed by atoms with Crippen LogP contribution in [0.1, 0.15) is 26.7 Å². The van der Waals surface area contributed by atoms with Crippen LogP contribution < -0.4 is 15.8 Å². The van der Waals surface area contributed by atoms with E-state index in [9.17, 15) is 4.57 Å². The summed E-state index contributed by atoms with van der Waals surface area (Å²) in [6.07, 6.45) is 4.53. The Balaban J connectivity index is 0.980. The first kappa shape index (κ1) is 33.3. The van der Waals surface area contributed by atoms with E-state index in [-0.39, 0.29) is 18.5 Å². The molecule has 2 aromatic carbocycles. The number of nitrogens with one attached hydrogen (secondary N) is 1. The van der Waals surface area contributed by atoms with Gasteiger partial charge in [-0.1, -0.05) is 11.6 Å². The fourth-order valence-electron chi connectivity index (χ4n) is 5.76. The third kappa shape index (κ3) is 7.94. The van der Waals surface area contributed by atoms with Crippen LogP contribution in [-0.4, -0.2) is 87.9 Å². The van der Waals surface area contributed by atoms with Crippen LogP contribution >= 0.6 is 19.2 Å². The number of imidazole rings is 1. The Hall–Kier alpha value is -3.58. The predicted molar refractivity (Wildman–Crippen MR) is 184 cm³/mol. The Bertz CT molecular complexity index is 1890. The van der Waals surface area contributed by atoms with Crippen LogP contribution in [0.25, 0.3) is 33.0 Å². The smallest absolute Gasteiger partial charge is 0.356 e. The molecule has 3 N–H and O–H groups in total. The molecule has 2 atom stereocenters. The van der Waals surface area contributed by atoms with Gasteiger partial charge in [0, 0.05) is 34.9 Å². The van der Waals surface area contributed by atoms with Crippen molar-refractivity contribution in [1.82, 2.24) is 29.4 Å². The van der Waals surface area contributed by atoms with Crippen LogP contribution in [0.3, 0.4) is 0 Å².